The molecule has 21 heavy (non-hydrogen) atoms. The highest BCUT2D eigenvalue weighted by molar-refractivity contribution is 4.89. The van der Waals surface area contributed by atoms with E-state index < -0.39 is 0 Å². The first kappa shape index (κ1) is 17.3. The summed E-state index contributed by atoms with van der Waals surface area (Å²) in [5.74, 6) is 4.85. The number of hydrogen-bond donors (Lipinski definition) is 1. The van der Waals surface area contributed by atoms with Crippen LogP contribution in [0, 0.1) is 29.6 Å². The molecule has 1 N–H and O–H groups in total. The predicted molar refractivity (Wildman–Crippen MR) is 93.5 cm³/mol. The van der Waals surface area contributed by atoms with Crippen molar-refractivity contribution in [2.45, 2.75) is 91.5 Å². The minimum absolute atomic E-state index is 0.820. The molecule has 2 aliphatic rings. The first-order valence-corrected chi connectivity index (χ1v) is 9.89. The predicted octanol–water partition coefficient (Wildman–Crippen LogP) is 5.64. The van der Waals surface area contributed by atoms with Gasteiger partial charge in [0, 0.05) is 6.04 Å². The average Bonchev–Trinajstić information content (AvgIpc) is 2.53. The zero-order valence-electron chi connectivity index (χ0n) is 15.0. The normalized spacial score (nSPS) is 35.9. The molecule has 0 aromatic heterocycles. The summed E-state index contributed by atoms with van der Waals surface area (Å²) < 4.78 is 0. The number of rotatable bonds is 6. The van der Waals surface area contributed by atoms with E-state index in [0.29, 0.717) is 0 Å². The van der Waals surface area contributed by atoms with E-state index in [1.165, 1.54) is 57.8 Å². The van der Waals surface area contributed by atoms with Gasteiger partial charge in [-0.15, -0.1) is 0 Å². The van der Waals surface area contributed by atoms with E-state index in [1.807, 2.05) is 0 Å². The molecule has 0 spiro atoms. The smallest absolute Gasteiger partial charge is 0.0123 e. The topological polar surface area (TPSA) is 12.0 Å². The van der Waals surface area contributed by atoms with E-state index in [2.05, 4.69) is 33.0 Å². The molecule has 0 amide bonds. The van der Waals surface area contributed by atoms with Gasteiger partial charge in [-0.05, 0) is 74.7 Å². The van der Waals surface area contributed by atoms with Gasteiger partial charge in [0.15, 0.2) is 0 Å². The molecule has 0 heterocycles. The highest BCUT2D eigenvalue weighted by atomic mass is 14.9. The fourth-order valence-corrected chi connectivity index (χ4v) is 5.08. The molecule has 0 bridgehead atoms. The molecule has 2 fully saturated rings. The Morgan fingerprint density at radius 2 is 1.24 bits per heavy atom. The zero-order valence-corrected chi connectivity index (χ0v) is 15.0. The second-order valence-corrected chi connectivity index (χ2v) is 8.19. The Bertz CT molecular complexity index is 270. The van der Waals surface area contributed by atoms with E-state index in [-0.39, 0.29) is 0 Å². The highest BCUT2D eigenvalue weighted by Gasteiger charge is 2.34. The van der Waals surface area contributed by atoms with Crippen molar-refractivity contribution in [1.82, 2.24) is 5.32 Å². The molecule has 0 aromatic rings. The number of nitrogens with one attached hydrogen (secondary N) is 1. The molecule has 0 aliphatic heterocycles. The minimum atomic E-state index is 0.820. The van der Waals surface area contributed by atoms with Crippen molar-refractivity contribution in [3.05, 3.63) is 0 Å². The third kappa shape index (κ3) is 4.71. The maximum Gasteiger partial charge on any atom is 0.0123 e. The first-order chi connectivity index (χ1) is 10.2. The summed E-state index contributed by atoms with van der Waals surface area (Å²) in [6.45, 7) is 10.7. The average molecular weight is 294 g/mol. The molecule has 124 valence electrons. The minimum Gasteiger partial charge on any atom is -0.314 e. The Hall–Kier alpha value is -0.0400. The number of hydrogen-bond acceptors (Lipinski definition) is 1. The van der Waals surface area contributed by atoms with Crippen molar-refractivity contribution >= 4 is 0 Å². The Morgan fingerprint density at radius 3 is 1.67 bits per heavy atom. The van der Waals surface area contributed by atoms with Gasteiger partial charge in [0.25, 0.3) is 0 Å². The maximum atomic E-state index is 3.90. The van der Waals surface area contributed by atoms with Crippen LogP contribution in [-0.4, -0.2) is 12.6 Å². The molecule has 1 unspecified atom stereocenters. The molecule has 1 nitrogen and oxygen atoms in total. The molecule has 1 heteroatoms. The molecular formula is C20H39N. The van der Waals surface area contributed by atoms with Gasteiger partial charge in [-0.25, -0.2) is 0 Å². The lowest BCUT2D eigenvalue weighted by molar-refractivity contribution is 0.127. The third-order valence-electron chi connectivity index (χ3n) is 6.68. The van der Waals surface area contributed by atoms with Gasteiger partial charge in [0.05, 0.1) is 0 Å². The van der Waals surface area contributed by atoms with Crippen LogP contribution in [0.4, 0.5) is 0 Å². The Balaban J connectivity index is 1.87. The van der Waals surface area contributed by atoms with Crippen LogP contribution in [0.1, 0.15) is 85.5 Å². The molecule has 1 atom stereocenters. The lowest BCUT2D eigenvalue weighted by atomic mass is 9.68. The molecular weight excluding hydrogens is 254 g/mol. The third-order valence-corrected chi connectivity index (χ3v) is 6.68. The lowest BCUT2D eigenvalue weighted by Gasteiger charge is -2.41. The van der Waals surface area contributed by atoms with E-state index in [4.69, 9.17) is 0 Å². The quantitative estimate of drug-likeness (QED) is 0.668. The van der Waals surface area contributed by atoms with Crippen LogP contribution < -0.4 is 5.32 Å². The monoisotopic (exact) mass is 293 g/mol. The SMILES string of the molecule is CCNC(C1CCC(CC)CC1)C1CCC(C(C)C)CC1. The fraction of sp³-hybridized carbons (Fsp3) is 1.00. The van der Waals surface area contributed by atoms with E-state index >= 15 is 0 Å². The van der Waals surface area contributed by atoms with Gasteiger partial charge in [-0.3, -0.25) is 0 Å². The van der Waals surface area contributed by atoms with Crippen LogP contribution in [0.2, 0.25) is 0 Å². The van der Waals surface area contributed by atoms with E-state index in [9.17, 15) is 0 Å². The van der Waals surface area contributed by atoms with Gasteiger partial charge in [-0.2, -0.15) is 0 Å². The largest absolute Gasteiger partial charge is 0.314 e. The maximum absolute atomic E-state index is 3.90. The van der Waals surface area contributed by atoms with Crippen LogP contribution in [0.5, 0.6) is 0 Å². The Kier molecular flexibility index (Phi) is 7.05. The van der Waals surface area contributed by atoms with Crippen LogP contribution in [0.3, 0.4) is 0 Å². The van der Waals surface area contributed by atoms with Crippen molar-refractivity contribution in [2.24, 2.45) is 29.6 Å². The summed E-state index contributed by atoms with van der Waals surface area (Å²) >= 11 is 0. The summed E-state index contributed by atoms with van der Waals surface area (Å²) in [6.07, 6.45) is 13.3. The van der Waals surface area contributed by atoms with Gasteiger partial charge in [0.2, 0.25) is 0 Å². The second-order valence-electron chi connectivity index (χ2n) is 8.19. The van der Waals surface area contributed by atoms with Gasteiger partial charge < -0.3 is 5.32 Å². The van der Waals surface area contributed by atoms with Gasteiger partial charge >= 0.3 is 0 Å². The molecule has 0 saturated heterocycles. The summed E-state index contributed by atoms with van der Waals surface area (Å²) in [4.78, 5) is 0. The van der Waals surface area contributed by atoms with Gasteiger partial charge in [0.1, 0.15) is 0 Å². The van der Waals surface area contributed by atoms with Crippen LogP contribution in [0.15, 0.2) is 0 Å². The Morgan fingerprint density at radius 1 is 0.762 bits per heavy atom. The van der Waals surface area contributed by atoms with Crippen LogP contribution >= 0.6 is 0 Å². The Labute approximate surface area is 133 Å². The van der Waals surface area contributed by atoms with Crippen molar-refractivity contribution < 1.29 is 0 Å². The second kappa shape index (κ2) is 8.56. The summed E-state index contributed by atoms with van der Waals surface area (Å²) in [5, 5.41) is 3.90. The fourth-order valence-electron chi connectivity index (χ4n) is 5.08. The van der Waals surface area contributed by atoms with Crippen molar-refractivity contribution in [1.29, 1.82) is 0 Å². The van der Waals surface area contributed by atoms with Gasteiger partial charge in [-0.1, -0.05) is 47.0 Å². The van der Waals surface area contributed by atoms with Crippen LogP contribution in [0.25, 0.3) is 0 Å². The van der Waals surface area contributed by atoms with E-state index in [1.54, 1.807) is 0 Å². The molecule has 0 aromatic carbocycles. The highest BCUT2D eigenvalue weighted by Crippen LogP contribution is 2.40. The zero-order chi connectivity index (χ0) is 15.2. The van der Waals surface area contributed by atoms with E-state index in [0.717, 1.165) is 42.2 Å². The first-order valence-electron chi connectivity index (χ1n) is 9.89. The molecule has 0 radical (unpaired) electrons. The van der Waals surface area contributed by atoms with Crippen LogP contribution in [-0.2, 0) is 0 Å². The van der Waals surface area contributed by atoms with Crippen molar-refractivity contribution in [3.63, 3.8) is 0 Å². The summed E-state index contributed by atoms with van der Waals surface area (Å²) in [6, 6.07) is 0.820. The van der Waals surface area contributed by atoms with Crippen molar-refractivity contribution in [3.8, 4) is 0 Å². The van der Waals surface area contributed by atoms with Crippen molar-refractivity contribution in [2.75, 3.05) is 6.54 Å². The molecule has 2 saturated carbocycles. The summed E-state index contributed by atoms with van der Waals surface area (Å²) in [7, 11) is 0. The summed E-state index contributed by atoms with van der Waals surface area (Å²) in [5.41, 5.74) is 0. The lowest BCUT2D eigenvalue weighted by Crippen LogP contribution is -2.45. The standard InChI is InChI=1S/C20H39N/c1-5-16-7-9-18(10-8-16)20(21-6-2)19-13-11-17(12-14-19)15(3)4/h15-21H,5-14H2,1-4H3. The molecule has 2 aliphatic carbocycles. The molecule has 2 rings (SSSR count).